The first-order valence-electron chi connectivity index (χ1n) is 7.52. The third-order valence-corrected chi connectivity index (χ3v) is 3.11. The summed E-state index contributed by atoms with van der Waals surface area (Å²) in [5.41, 5.74) is 6.16. The molecule has 1 aromatic carbocycles. The van der Waals surface area contributed by atoms with Crippen molar-refractivity contribution in [3.05, 3.63) is 18.2 Å². The molecule has 0 aromatic heterocycles. The summed E-state index contributed by atoms with van der Waals surface area (Å²) in [4.78, 5) is 11.9. The predicted molar refractivity (Wildman–Crippen MR) is 92.2 cm³/mol. The third-order valence-electron chi connectivity index (χ3n) is 3.11. The van der Waals surface area contributed by atoms with Gasteiger partial charge in [0.1, 0.15) is 0 Å². The molecule has 0 saturated heterocycles. The Morgan fingerprint density at radius 2 is 1.91 bits per heavy atom. The summed E-state index contributed by atoms with van der Waals surface area (Å²) in [6.45, 7) is 3.18. The zero-order valence-electron chi connectivity index (χ0n) is 13.4. The van der Waals surface area contributed by atoms with Gasteiger partial charge in [0.25, 0.3) is 0 Å². The summed E-state index contributed by atoms with van der Waals surface area (Å²) in [6, 6.07) is 5.39. The average molecular weight is 331 g/mol. The standard InChI is InChI=1S/C16H26N2O3.ClH/c1-3-21-15-12-13(9-10-14(15)20-2)18-16(19)8-6-4-5-7-11-17;/h9-10,12H,3-8,11,17H2,1-2H3,(H,18,19);1H. The van der Waals surface area contributed by atoms with Gasteiger partial charge in [-0.05, 0) is 38.4 Å². The van der Waals surface area contributed by atoms with Gasteiger partial charge in [-0.2, -0.15) is 0 Å². The van der Waals surface area contributed by atoms with Crippen molar-refractivity contribution in [1.29, 1.82) is 0 Å². The van der Waals surface area contributed by atoms with E-state index in [0.717, 1.165) is 37.9 Å². The van der Waals surface area contributed by atoms with Crippen LogP contribution in [0.1, 0.15) is 39.0 Å². The maximum Gasteiger partial charge on any atom is 0.224 e. The zero-order valence-corrected chi connectivity index (χ0v) is 14.2. The number of unbranched alkanes of at least 4 members (excludes halogenated alkanes) is 3. The van der Waals surface area contributed by atoms with Crippen LogP contribution in [0.5, 0.6) is 11.5 Å². The van der Waals surface area contributed by atoms with E-state index in [0.29, 0.717) is 24.5 Å². The van der Waals surface area contributed by atoms with E-state index in [-0.39, 0.29) is 18.3 Å². The molecule has 0 heterocycles. The van der Waals surface area contributed by atoms with Crippen molar-refractivity contribution >= 4 is 24.0 Å². The second-order valence-electron chi connectivity index (χ2n) is 4.80. The Bertz CT molecular complexity index is 441. The molecule has 1 aromatic rings. The van der Waals surface area contributed by atoms with Crippen LogP contribution < -0.4 is 20.5 Å². The fraction of sp³-hybridized carbons (Fsp3) is 0.562. The molecular formula is C16H27ClN2O3. The molecule has 0 fully saturated rings. The minimum Gasteiger partial charge on any atom is -0.493 e. The molecular weight excluding hydrogens is 304 g/mol. The monoisotopic (exact) mass is 330 g/mol. The van der Waals surface area contributed by atoms with Crippen molar-refractivity contribution in [1.82, 2.24) is 0 Å². The number of nitrogens with one attached hydrogen (secondary N) is 1. The summed E-state index contributed by atoms with van der Waals surface area (Å²) in [5, 5.41) is 2.88. The number of hydrogen-bond donors (Lipinski definition) is 2. The summed E-state index contributed by atoms with van der Waals surface area (Å²) in [5.74, 6) is 1.33. The summed E-state index contributed by atoms with van der Waals surface area (Å²) in [7, 11) is 1.59. The van der Waals surface area contributed by atoms with Crippen molar-refractivity contribution in [2.24, 2.45) is 5.73 Å². The number of anilines is 1. The van der Waals surface area contributed by atoms with E-state index in [1.807, 2.05) is 13.0 Å². The number of carbonyl (C=O) groups excluding carboxylic acids is 1. The van der Waals surface area contributed by atoms with Gasteiger partial charge in [0.05, 0.1) is 13.7 Å². The molecule has 0 atom stereocenters. The Kier molecular flexibility index (Phi) is 11.3. The van der Waals surface area contributed by atoms with E-state index < -0.39 is 0 Å². The first-order chi connectivity index (χ1) is 10.2. The highest BCUT2D eigenvalue weighted by atomic mass is 35.5. The summed E-state index contributed by atoms with van der Waals surface area (Å²) in [6.07, 6.45) is 4.57. The first kappa shape index (κ1) is 20.5. The second-order valence-corrected chi connectivity index (χ2v) is 4.80. The fourth-order valence-electron chi connectivity index (χ4n) is 2.03. The first-order valence-corrected chi connectivity index (χ1v) is 7.52. The van der Waals surface area contributed by atoms with Gasteiger partial charge < -0.3 is 20.5 Å². The van der Waals surface area contributed by atoms with Crippen LogP contribution in [0.15, 0.2) is 18.2 Å². The van der Waals surface area contributed by atoms with Crippen LogP contribution in [0.4, 0.5) is 5.69 Å². The Morgan fingerprint density at radius 3 is 2.55 bits per heavy atom. The van der Waals surface area contributed by atoms with Crippen LogP contribution >= 0.6 is 12.4 Å². The van der Waals surface area contributed by atoms with E-state index in [1.54, 1.807) is 19.2 Å². The molecule has 1 amide bonds. The van der Waals surface area contributed by atoms with Crippen LogP contribution in [0, 0.1) is 0 Å². The molecule has 1 rings (SSSR count). The Hall–Kier alpha value is -1.46. The highest BCUT2D eigenvalue weighted by Gasteiger charge is 2.07. The maximum absolute atomic E-state index is 11.9. The number of methoxy groups -OCH3 is 1. The quantitative estimate of drug-likeness (QED) is 0.645. The lowest BCUT2D eigenvalue weighted by Gasteiger charge is -2.11. The molecule has 22 heavy (non-hydrogen) atoms. The zero-order chi connectivity index (χ0) is 15.5. The smallest absolute Gasteiger partial charge is 0.224 e. The molecule has 0 aliphatic heterocycles. The minimum absolute atomic E-state index is 0. The minimum atomic E-state index is 0. The molecule has 0 aliphatic carbocycles. The Morgan fingerprint density at radius 1 is 1.18 bits per heavy atom. The van der Waals surface area contributed by atoms with Gasteiger partial charge >= 0.3 is 0 Å². The summed E-state index contributed by atoms with van der Waals surface area (Å²) >= 11 is 0. The van der Waals surface area contributed by atoms with Gasteiger partial charge in [0, 0.05) is 18.2 Å². The van der Waals surface area contributed by atoms with Gasteiger partial charge in [0.15, 0.2) is 11.5 Å². The largest absolute Gasteiger partial charge is 0.493 e. The van der Waals surface area contributed by atoms with Gasteiger partial charge in [-0.1, -0.05) is 12.8 Å². The van der Waals surface area contributed by atoms with Crippen LogP contribution in [0.2, 0.25) is 0 Å². The number of benzene rings is 1. The molecule has 0 saturated carbocycles. The molecule has 126 valence electrons. The molecule has 0 spiro atoms. The SMILES string of the molecule is CCOc1cc(NC(=O)CCCCCCN)ccc1OC.Cl. The number of halogens is 1. The van der Waals surface area contributed by atoms with E-state index in [9.17, 15) is 4.79 Å². The summed E-state index contributed by atoms with van der Waals surface area (Å²) < 4.78 is 10.7. The average Bonchev–Trinajstić information content (AvgIpc) is 2.48. The molecule has 0 unspecified atom stereocenters. The van der Waals surface area contributed by atoms with Gasteiger partial charge in [-0.3, -0.25) is 4.79 Å². The molecule has 5 nitrogen and oxygen atoms in total. The van der Waals surface area contributed by atoms with Crippen molar-refractivity contribution in [2.45, 2.75) is 39.0 Å². The van der Waals surface area contributed by atoms with Crippen LogP contribution in [-0.4, -0.2) is 26.2 Å². The fourth-order valence-corrected chi connectivity index (χ4v) is 2.03. The third kappa shape index (κ3) is 7.52. The molecule has 3 N–H and O–H groups in total. The topological polar surface area (TPSA) is 73.6 Å². The lowest BCUT2D eigenvalue weighted by molar-refractivity contribution is -0.116. The van der Waals surface area contributed by atoms with Crippen molar-refractivity contribution in [2.75, 3.05) is 25.6 Å². The number of nitrogens with two attached hydrogens (primary N) is 1. The van der Waals surface area contributed by atoms with Gasteiger partial charge in [-0.15, -0.1) is 12.4 Å². The lowest BCUT2D eigenvalue weighted by Crippen LogP contribution is -2.11. The van der Waals surface area contributed by atoms with Gasteiger partial charge in [-0.25, -0.2) is 0 Å². The number of amides is 1. The number of rotatable bonds is 10. The van der Waals surface area contributed by atoms with E-state index in [4.69, 9.17) is 15.2 Å². The molecule has 0 radical (unpaired) electrons. The molecule has 6 heteroatoms. The van der Waals surface area contributed by atoms with Crippen LogP contribution in [0.3, 0.4) is 0 Å². The Labute approximate surface area is 139 Å². The van der Waals surface area contributed by atoms with Crippen molar-refractivity contribution < 1.29 is 14.3 Å². The van der Waals surface area contributed by atoms with E-state index in [2.05, 4.69) is 5.32 Å². The Balaban J connectivity index is 0.00000441. The van der Waals surface area contributed by atoms with Crippen molar-refractivity contribution in [3.63, 3.8) is 0 Å². The lowest BCUT2D eigenvalue weighted by atomic mass is 10.1. The predicted octanol–water partition coefficient (Wildman–Crippen LogP) is 3.36. The highest BCUT2D eigenvalue weighted by Crippen LogP contribution is 2.30. The second kappa shape index (κ2) is 12.1. The van der Waals surface area contributed by atoms with E-state index in [1.165, 1.54) is 0 Å². The number of ether oxygens (including phenoxy) is 2. The number of hydrogen-bond acceptors (Lipinski definition) is 4. The normalized spacial score (nSPS) is 9.77. The highest BCUT2D eigenvalue weighted by molar-refractivity contribution is 5.91. The van der Waals surface area contributed by atoms with Crippen molar-refractivity contribution in [3.8, 4) is 11.5 Å². The number of carbonyl (C=O) groups is 1. The van der Waals surface area contributed by atoms with E-state index >= 15 is 0 Å². The molecule has 0 bridgehead atoms. The molecule has 0 aliphatic rings. The van der Waals surface area contributed by atoms with Gasteiger partial charge in [0.2, 0.25) is 5.91 Å². The van der Waals surface area contributed by atoms with Crippen LogP contribution in [-0.2, 0) is 4.79 Å². The van der Waals surface area contributed by atoms with Crippen LogP contribution in [0.25, 0.3) is 0 Å². The maximum atomic E-state index is 11.9.